The molecular formula is C18H20BrNO. The molecule has 0 aliphatic heterocycles. The monoisotopic (exact) mass is 345 g/mol. The van der Waals surface area contributed by atoms with Crippen LogP contribution in [0.2, 0.25) is 0 Å². The Kier molecular flexibility index (Phi) is 4.84. The zero-order chi connectivity index (χ0) is 15.5. The molecule has 0 saturated carbocycles. The molecule has 0 amide bonds. The van der Waals surface area contributed by atoms with Crippen molar-refractivity contribution in [2.75, 3.05) is 7.11 Å². The quantitative estimate of drug-likeness (QED) is 0.750. The SMILES string of the molecule is COc1c(/C=C/c2ccncc2)cc(Br)cc1C(C)(C)C. The van der Waals surface area contributed by atoms with Crippen molar-refractivity contribution in [1.82, 2.24) is 4.98 Å². The lowest BCUT2D eigenvalue weighted by Gasteiger charge is -2.23. The van der Waals surface area contributed by atoms with Gasteiger partial charge in [0.1, 0.15) is 5.75 Å². The van der Waals surface area contributed by atoms with E-state index in [1.807, 2.05) is 12.1 Å². The van der Waals surface area contributed by atoms with E-state index in [2.05, 4.69) is 66.0 Å². The molecule has 2 rings (SSSR count). The van der Waals surface area contributed by atoms with Crippen LogP contribution in [0.25, 0.3) is 12.2 Å². The molecule has 0 saturated heterocycles. The molecule has 0 atom stereocenters. The Morgan fingerprint density at radius 1 is 1.10 bits per heavy atom. The number of halogens is 1. The van der Waals surface area contributed by atoms with Gasteiger partial charge in [-0.2, -0.15) is 0 Å². The number of ether oxygens (including phenoxy) is 1. The second kappa shape index (κ2) is 6.44. The van der Waals surface area contributed by atoms with Crippen molar-refractivity contribution in [1.29, 1.82) is 0 Å². The minimum absolute atomic E-state index is 0.0222. The number of aromatic nitrogens is 1. The third-order valence-electron chi connectivity index (χ3n) is 3.26. The summed E-state index contributed by atoms with van der Waals surface area (Å²) in [6, 6.07) is 8.16. The first-order chi connectivity index (χ1) is 9.91. The van der Waals surface area contributed by atoms with Crippen LogP contribution >= 0.6 is 15.9 Å². The van der Waals surface area contributed by atoms with Crippen LogP contribution in [-0.4, -0.2) is 12.1 Å². The molecule has 0 radical (unpaired) electrons. The van der Waals surface area contributed by atoms with Gasteiger partial charge in [-0.3, -0.25) is 4.98 Å². The molecule has 0 fully saturated rings. The standard InChI is InChI=1S/C18H20BrNO/c1-18(2,3)16-12-15(19)11-14(17(16)21-4)6-5-13-7-9-20-10-8-13/h5-12H,1-4H3/b6-5+. The second-order valence-corrected chi connectivity index (χ2v) is 6.86. The molecule has 2 nitrogen and oxygen atoms in total. The summed E-state index contributed by atoms with van der Waals surface area (Å²) in [5.41, 5.74) is 3.39. The summed E-state index contributed by atoms with van der Waals surface area (Å²) in [7, 11) is 1.72. The Morgan fingerprint density at radius 3 is 2.33 bits per heavy atom. The number of rotatable bonds is 3. The van der Waals surface area contributed by atoms with Crippen molar-refractivity contribution in [2.24, 2.45) is 0 Å². The first-order valence-electron chi connectivity index (χ1n) is 6.88. The predicted octanol–water partition coefficient (Wildman–Crippen LogP) is 5.32. The van der Waals surface area contributed by atoms with E-state index in [1.165, 1.54) is 5.56 Å². The molecule has 1 heterocycles. The summed E-state index contributed by atoms with van der Waals surface area (Å²) in [6.07, 6.45) is 7.73. The van der Waals surface area contributed by atoms with Crippen LogP contribution in [0.5, 0.6) is 5.75 Å². The van der Waals surface area contributed by atoms with Crippen molar-refractivity contribution in [2.45, 2.75) is 26.2 Å². The normalized spacial score (nSPS) is 11.9. The maximum Gasteiger partial charge on any atom is 0.129 e. The van der Waals surface area contributed by atoms with Gasteiger partial charge in [0.25, 0.3) is 0 Å². The zero-order valence-corrected chi connectivity index (χ0v) is 14.4. The highest BCUT2D eigenvalue weighted by molar-refractivity contribution is 9.10. The van der Waals surface area contributed by atoms with E-state index in [4.69, 9.17) is 4.74 Å². The summed E-state index contributed by atoms with van der Waals surface area (Å²) in [6.45, 7) is 6.56. The van der Waals surface area contributed by atoms with E-state index in [1.54, 1.807) is 19.5 Å². The summed E-state index contributed by atoms with van der Waals surface area (Å²) >= 11 is 3.60. The van der Waals surface area contributed by atoms with Crippen molar-refractivity contribution >= 4 is 28.1 Å². The molecule has 0 aliphatic carbocycles. The van der Waals surface area contributed by atoms with Gasteiger partial charge in [0.15, 0.2) is 0 Å². The third kappa shape index (κ3) is 3.94. The van der Waals surface area contributed by atoms with Gasteiger partial charge < -0.3 is 4.74 Å². The van der Waals surface area contributed by atoms with Crippen LogP contribution in [0.15, 0.2) is 41.1 Å². The van der Waals surface area contributed by atoms with Gasteiger partial charge >= 0.3 is 0 Å². The van der Waals surface area contributed by atoms with Crippen molar-refractivity contribution < 1.29 is 4.74 Å². The lowest BCUT2D eigenvalue weighted by atomic mass is 9.85. The number of hydrogen-bond donors (Lipinski definition) is 0. The van der Waals surface area contributed by atoms with E-state index in [-0.39, 0.29) is 5.41 Å². The molecular weight excluding hydrogens is 326 g/mol. The summed E-state index contributed by atoms with van der Waals surface area (Å²) in [5.74, 6) is 0.927. The fourth-order valence-corrected chi connectivity index (χ4v) is 2.66. The fourth-order valence-electron chi connectivity index (χ4n) is 2.18. The third-order valence-corrected chi connectivity index (χ3v) is 3.71. The molecule has 0 unspecified atom stereocenters. The largest absolute Gasteiger partial charge is 0.496 e. The van der Waals surface area contributed by atoms with E-state index < -0.39 is 0 Å². The van der Waals surface area contributed by atoms with Gasteiger partial charge in [-0.15, -0.1) is 0 Å². The minimum Gasteiger partial charge on any atom is -0.496 e. The van der Waals surface area contributed by atoms with Crippen LogP contribution < -0.4 is 4.74 Å². The minimum atomic E-state index is 0.0222. The average molecular weight is 346 g/mol. The Morgan fingerprint density at radius 2 is 1.76 bits per heavy atom. The van der Waals surface area contributed by atoms with Crippen molar-refractivity contribution in [3.63, 3.8) is 0 Å². The highest BCUT2D eigenvalue weighted by Gasteiger charge is 2.21. The van der Waals surface area contributed by atoms with Gasteiger partial charge in [-0.1, -0.05) is 48.9 Å². The first kappa shape index (κ1) is 15.8. The predicted molar refractivity (Wildman–Crippen MR) is 92.6 cm³/mol. The van der Waals surface area contributed by atoms with Crippen molar-refractivity contribution in [3.05, 3.63) is 57.8 Å². The van der Waals surface area contributed by atoms with Gasteiger partial charge in [0.2, 0.25) is 0 Å². The number of pyridine rings is 1. The first-order valence-corrected chi connectivity index (χ1v) is 7.67. The van der Waals surface area contributed by atoms with Gasteiger partial charge in [0, 0.05) is 28.0 Å². The molecule has 1 aromatic carbocycles. The van der Waals surface area contributed by atoms with Gasteiger partial charge in [-0.05, 0) is 35.2 Å². The smallest absolute Gasteiger partial charge is 0.129 e. The maximum absolute atomic E-state index is 5.66. The Labute approximate surface area is 135 Å². The molecule has 0 bridgehead atoms. The van der Waals surface area contributed by atoms with E-state index in [0.29, 0.717) is 0 Å². The number of hydrogen-bond acceptors (Lipinski definition) is 2. The molecule has 0 spiro atoms. The second-order valence-electron chi connectivity index (χ2n) is 5.94. The molecule has 0 aliphatic rings. The topological polar surface area (TPSA) is 22.1 Å². The van der Waals surface area contributed by atoms with Crippen molar-refractivity contribution in [3.8, 4) is 5.75 Å². The zero-order valence-electron chi connectivity index (χ0n) is 12.9. The number of methoxy groups -OCH3 is 1. The van der Waals surface area contributed by atoms with E-state index in [0.717, 1.165) is 21.3 Å². The van der Waals surface area contributed by atoms with Crippen LogP contribution in [0, 0.1) is 0 Å². The fraction of sp³-hybridized carbons (Fsp3) is 0.278. The van der Waals surface area contributed by atoms with Crippen LogP contribution in [0.1, 0.15) is 37.5 Å². The van der Waals surface area contributed by atoms with Gasteiger partial charge in [0.05, 0.1) is 7.11 Å². The van der Waals surface area contributed by atoms with Gasteiger partial charge in [-0.25, -0.2) is 0 Å². The maximum atomic E-state index is 5.66. The molecule has 21 heavy (non-hydrogen) atoms. The molecule has 110 valence electrons. The summed E-state index contributed by atoms with van der Waals surface area (Å²) in [5, 5.41) is 0. The van der Waals surface area contributed by atoms with E-state index >= 15 is 0 Å². The lowest BCUT2D eigenvalue weighted by Crippen LogP contribution is -2.13. The van der Waals surface area contributed by atoms with Crippen LogP contribution in [0.4, 0.5) is 0 Å². The summed E-state index contributed by atoms with van der Waals surface area (Å²) < 4.78 is 6.72. The molecule has 0 N–H and O–H groups in total. The Hall–Kier alpha value is -1.61. The van der Waals surface area contributed by atoms with Crippen LogP contribution in [0.3, 0.4) is 0 Å². The average Bonchev–Trinajstić information content (AvgIpc) is 2.44. The molecule has 3 heteroatoms. The number of nitrogens with zero attached hydrogens (tertiary/aromatic N) is 1. The highest BCUT2D eigenvalue weighted by Crippen LogP contribution is 2.37. The Bertz CT molecular complexity index is 642. The molecule has 2 aromatic rings. The Balaban J connectivity index is 2.48. The van der Waals surface area contributed by atoms with E-state index in [9.17, 15) is 0 Å². The lowest BCUT2D eigenvalue weighted by molar-refractivity contribution is 0.396. The summed E-state index contributed by atoms with van der Waals surface area (Å²) in [4.78, 5) is 4.03. The number of benzene rings is 1. The van der Waals surface area contributed by atoms with Crippen LogP contribution in [-0.2, 0) is 5.41 Å². The molecule has 1 aromatic heterocycles. The highest BCUT2D eigenvalue weighted by atomic mass is 79.9.